The maximum Gasteiger partial charge on any atom is 0.240 e. The molecule has 2 rings (SSSR count). The van der Waals surface area contributed by atoms with Gasteiger partial charge in [0, 0.05) is 7.05 Å². The van der Waals surface area contributed by atoms with Crippen LogP contribution in [-0.2, 0) is 4.79 Å². The maximum atomic E-state index is 11.7. The van der Waals surface area contributed by atoms with E-state index in [0.29, 0.717) is 17.0 Å². The molecular formula is C11H17N7O2. The van der Waals surface area contributed by atoms with E-state index in [-0.39, 0.29) is 6.67 Å². The Bertz CT molecular complexity index is 597. The highest BCUT2D eigenvalue weighted by Crippen LogP contribution is 2.17. The number of hydrogen-bond acceptors (Lipinski definition) is 7. The number of hydrogen-bond donors (Lipinski definition) is 4. The van der Waals surface area contributed by atoms with Crippen LogP contribution < -0.4 is 16.0 Å². The zero-order valence-corrected chi connectivity index (χ0v) is 11.2. The van der Waals surface area contributed by atoms with Crippen molar-refractivity contribution in [2.45, 2.75) is 19.1 Å². The Morgan fingerprint density at radius 2 is 2.30 bits per heavy atom. The van der Waals surface area contributed by atoms with Crippen molar-refractivity contribution in [2.24, 2.45) is 5.73 Å². The molecule has 2 atom stereocenters. The van der Waals surface area contributed by atoms with Crippen LogP contribution in [0.3, 0.4) is 0 Å². The molecule has 1 amide bonds. The Kier molecular flexibility index (Phi) is 4.11. The predicted octanol–water partition coefficient (Wildman–Crippen LogP) is -1.43. The number of aliphatic hydroxyl groups excluding tert-OH is 1. The lowest BCUT2D eigenvalue weighted by atomic mass is 10.2. The van der Waals surface area contributed by atoms with E-state index < -0.39 is 18.1 Å². The molecule has 0 aromatic carbocycles. The van der Waals surface area contributed by atoms with Crippen molar-refractivity contribution in [1.82, 2.24) is 25.3 Å². The molecule has 0 spiro atoms. The van der Waals surface area contributed by atoms with E-state index >= 15 is 0 Å². The van der Waals surface area contributed by atoms with Crippen molar-refractivity contribution in [3.63, 3.8) is 0 Å². The highest BCUT2D eigenvalue weighted by atomic mass is 16.3. The number of aliphatic hydroxyl groups is 1. The van der Waals surface area contributed by atoms with Crippen molar-refractivity contribution < 1.29 is 9.90 Å². The van der Waals surface area contributed by atoms with Crippen LogP contribution in [0.15, 0.2) is 12.7 Å². The minimum Gasteiger partial charge on any atom is -0.391 e. The lowest BCUT2D eigenvalue weighted by Crippen LogP contribution is -2.49. The molecule has 9 heteroatoms. The molecule has 0 saturated heterocycles. The summed E-state index contributed by atoms with van der Waals surface area (Å²) >= 11 is 0. The molecule has 2 heterocycles. The van der Waals surface area contributed by atoms with Crippen LogP contribution in [0.4, 0.5) is 5.82 Å². The van der Waals surface area contributed by atoms with Crippen molar-refractivity contribution in [1.29, 1.82) is 0 Å². The minimum atomic E-state index is -0.957. The minimum absolute atomic E-state index is 0.199. The molecule has 0 saturated carbocycles. The number of carbonyl (C=O) groups is 1. The quantitative estimate of drug-likeness (QED) is 0.493. The number of nitrogens with one attached hydrogen (secondary N) is 2. The lowest BCUT2D eigenvalue weighted by Gasteiger charge is -2.21. The predicted molar refractivity (Wildman–Crippen MR) is 72.8 cm³/mol. The third-order valence-electron chi connectivity index (χ3n) is 2.88. The number of fused-ring (bicyclic) bond motifs is 1. The third-order valence-corrected chi connectivity index (χ3v) is 2.88. The molecule has 108 valence electrons. The number of nitrogens with two attached hydrogens (primary N) is 1. The molecule has 2 aromatic rings. The first-order chi connectivity index (χ1) is 9.50. The van der Waals surface area contributed by atoms with Crippen LogP contribution in [0.1, 0.15) is 6.92 Å². The fraction of sp³-hybridized carbons (Fsp3) is 0.455. The summed E-state index contributed by atoms with van der Waals surface area (Å²) in [5, 5.41) is 11.9. The largest absolute Gasteiger partial charge is 0.391 e. The van der Waals surface area contributed by atoms with Crippen LogP contribution in [0.25, 0.3) is 11.2 Å². The maximum absolute atomic E-state index is 11.7. The number of amides is 1. The molecule has 0 bridgehead atoms. The number of anilines is 1. The van der Waals surface area contributed by atoms with Crippen LogP contribution in [0.5, 0.6) is 0 Å². The van der Waals surface area contributed by atoms with E-state index in [1.165, 1.54) is 19.6 Å². The van der Waals surface area contributed by atoms with Gasteiger partial charge in [0.1, 0.15) is 17.9 Å². The van der Waals surface area contributed by atoms with E-state index in [0.717, 1.165) is 0 Å². The second-order valence-corrected chi connectivity index (χ2v) is 4.46. The fourth-order valence-electron chi connectivity index (χ4n) is 1.65. The number of aromatic amines is 1. The number of nitrogens with zero attached hydrogens (tertiary/aromatic N) is 4. The van der Waals surface area contributed by atoms with Gasteiger partial charge in [-0.2, -0.15) is 0 Å². The van der Waals surface area contributed by atoms with E-state index in [9.17, 15) is 9.90 Å². The van der Waals surface area contributed by atoms with Crippen molar-refractivity contribution in [3.05, 3.63) is 12.7 Å². The number of imidazole rings is 1. The molecule has 9 nitrogen and oxygen atoms in total. The molecule has 20 heavy (non-hydrogen) atoms. The molecule has 0 aliphatic carbocycles. The van der Waals surface area contributed by atoms with Crippen molar-refractivity contribution >= 4 is 22.9 Å². The molecule has 0 aliphatic heterocycles. The summed E-state index contributed by atoms with van der Waals surface area (Å²) in [7, 11) is 1.76. The zero-order chi connectivity index (χ0) is 14.7. The zero-order valence-electron chi connectivity index (χ0n) is 11.2. The summed E-state index contributed by atoms with van der Waals surface area (Å²) in [4.78, 5) is 28.5. The molecule has 0 aliphatic rings. The molecule has 5 N–H and O–H groups in total. The van der Waals surface area contributed by atoms with Crippen LogP contribution in [0.2, 0.25) is 0 Å². The first-order valence-electron chi connectivity index (χ1n) is 6.07. The SMILES string of the molecule is C[C@@H](O)[C@H](N)C(=O)NCN(C)c1ncnc2nc[nH]c12. The van der Waals surface area contributed by atoms with Crippen LogP contribution in [0, 0.1) is 0 Å². The van der Waals surface area contributed by atoms with Gasteiger partial charge in [0.2, 0.25) is 5.91 Å². The Hall–Kier alpha value is -2.26. The van der Waals surface area contributed by atoms with Gasteiger partial charge in [0.05, 0.1) is 19.1 Å². The van der Waals surface area contributed by atoms with Gasteiger partial charge in [0.15, 0.2) is 11.5 Å². The number of rotatable bonds is 5. The smallest absolute Gasteiger partial charge is 0.240 e. The van der Waals surface area contributed by atoms with Gasteiger partial charge < -0.3 is 26.0 Å². The first kappa shape index (κ1) is 14.2. The monoisotopic (exact) mass is 279 g/mol. The molecule has 0 radical (unpaired) electrons. The second-order valence-electron chi connectivity index (χ2n) is 4.46. The molecule has 0 unspecified atom stereocenters. The van der Waals surface area contributed by atoms with Gasteiger partial charge in [-0.1, -0.05) is 0 Å². The summed E-state index contributed by atoms with van der Waals surface area (Å²) in [6, 6.07) is -0.957. The molecule has 0 fully saturated rings. The Labute approximate surface area is 115 Å². The normalized spacial score (nSPS) is 14.0. The Morgan fingerprint density at radius 3 is 3.00 bits per heavy atom. The Balaban J connectivity index is 2.04. The van der Waals surface area contributed by atoms with Crippen molar-refractivity contribution in [3.8, 4) is 0 Å². The van der Waals surface area contributed by atoms with E-state index in [1.54, 1.807) is 11.9 Å². The standard InChI is InChI=1S/C11H17N7O2/c1-6(19)7(12)11(20)17-5-18(2)10-8-9(14-3-13-8)15-4-16-10/h3-4,6-7,19H,5,12H2,1-2H3,(H,17,20)(H,13,14,15,16)/t6-,7+/m1/s1. The lowest BCUT2D eigenvalue weighted by molar-refractivity contribution is -0.124. The van der Waals surface area contributed by atoms with Gasteiger partial charge in [-0.25, -0.2) is 15.0 Å². The average Bonchev–Trinajstić information content (AvgIpc) is 2.91. The van der Waals surface area contributed by atoms with Gasteiger partial charge >= 0.3 is 0 Å². The van der Waals surface area contributed by atoms with Crippen LogP contribution >= 0.6 is 0 Å². The van der Waals surface area contributed by atoms with E-state index in [2.05, 4.69) is 25.3 Å². The first-order valence-corrected chi connectivity index (χ1v) is 6.07. The van der Waals surface area contributed by atoms with Gasteiger partial charge in [-0.05, 0) is 6.92 Å². The van der Waals surface area contributed by atoms with Gasteiger partial charge in [-0.3, -0.25) is 4.79 Å². The highest BCUT2D eigenvalue weighted by molar-refractivity contribution is 5.84. The average molecular weight is 279 g/mol. The number of carbonyl (C=O) groups excluding carboxylic acids is 1. The fourth-order valence-corrected chi connectivity index (χ4v) is 1.65. The third kappa shape index (κ3) is 2.83. The Morgan fingerprint density at radius 1 is 1.55 bits per heavy atom. The van der Waals surface area contributed by atoms with E-state index in [4.69, 9.17) is 5.73 Å². The summed E-state index contributed by atoms with van der Waals surface area (Å²) in [5.74, 6) is 0.181. The highest BCUT2D eigenvalue weighted by Gasteiger charge is 2.19. The van der Waals surface area contributed by atoms with Gasteiger partial charge in [-0.15, -0.1) is 0 Å². The van der Waals surface area contributed by atoms with Crippen LogP contribution in [-0.4, -0.2) is 56.8 Å². The summed E-state index contributed by atoms with van der Waals surface area (Å²) in [6.45, 7) is 1.66. The summed E-state index contributed by atoms with van der Waals surface area (Å²) in [5.41, 5.74) is 6.77. The number of H-pyrrole nitrogens is 1. The summed E-state index contributed by atoms with van der Waals surface area (Å²) in [6.07, 6.45) is 2.02. The van der Waals surface area contributed by atoms with Gasteiger partial charge in [0.25, 0.3) is 0 Å². The van der Waals surface area contributed by atoms with E-state index in [1.807, 2.05) is 0 Å². The topological polar surface area (TPSA) is 133 Å². The van der Waals surface area contributed by atoms with Crippen molar-refractivity contribution in [2.75, 3.05) is 18.6 Å². The second kappa shape index (κ2) is 5.80. The summed E-state index contributed by atoms with van der Waals surface area (Å²) < 4.78 is 0. The molecular weight excluding hydrogens is 262 g/mol. The molecule has 2 aromatic heterocycles. The number of aromatic nitrogens is 4.